The highest BCUT2D eigenvalue weighted by atomic mass is 15.2. The van der Waals surface area contributed by atoms with E-state index >= 15 is 0 Å². The molecule has 3 rings (SSSR count). The van der Waals surface area contributed by atoms with Crippen LogP contribution in [-0.4, -0.2) is 49.7 Å². The van der Waals surface area contributed by atoms with Gasteiger partial charge in [-0.3, -0.25) is 4.90 Å². The van der Waals surface area contributed by atoms with Crippen LogP contribution < -0.4 is 10.6 Å². The van der Waals surface area contributed by atoms with E-state index in [0.29, 0.717) is 0 Å². The van der Waals surface area contributed by atoms with Crippen molar-refractivity contribution in [2.45, 2.75) is 50.6 Å². The lowest BCUT2D eigenvalue weighted by Crippen LogP contribution is -2.35. The second kappa shape index (κ2) is 5.68. The lowest BCUT2D eigenvalue weighted by molar-refractivity contribution is 0.310. The summed E-state index contributed by atoms with van der Waals surface area (Å²) >= 11 is 0. The van der Waals surface area contributed by atoms with Gasteiger partial charge in [-0.2, -0.15) is 0 Å². The molecule has 0 aromatic heterocycles. The second-order valence-corrected chi connectivity index (χ2v) is 6.15. The topological polar surface area (TPSA) is 27.3 Å². The third-order valence-corrected chi connectivity index (χ3v) is 4.73. The van der Waals surface area contributed by atoms with E-state index in [1.807, 2.05) is 0 Å². The van der Waals surface area contributed by atoms with Gasteiger partial charge in [0.15, 0.2) is 0 Å². The highest BCUT2D eigenvalue weighted by Crippen LogP contribution is 2.29. The molecule has 3 aliphatic rings. The zero-order valence-electron chi connectivity index (χ0n) is 11.0. The maximum atomic E-state index is 3.78. The molecule has 0 spiro atoms. The van der Waals surface area contributed by atoms with Crippen LogP contribution in [0.1, 0.15) is 38.5 Å². The van der Waals surface area contributed by atoms with E-state index in [1.165, 1.54) is 71.2 Å². The van der Waals surface area contributed by atoms with Gasteiger partial charge in [0, 0.05) is 25.2 Å². The molecule has 0 aromatic rings. The zero-order chi connectivity index (χ0) is 11.5. The zero-order valence-corrected chi connectivity index (χ0v) is 11.0. The predicted octanol–water partition coefficient (Wildman–Crippen LogP) is 1.20. The molecule has 0 amide bonds. The van der Waals surface area contributed by atoms with E-state index in [-0.39, 0.29) is 0 Å². The van der Waals surface area contributed by atoms with Gasteiger partial charge in [0.05, 0.1) is 0 Å². The van der Waals surface area contributed by atoms with Gasteiger partial charge in [-0.05, 0) is 64.1 Å². The van der Waals surface area contributed by atoms with Gasteiger partial charge in [0.1, 0.15) is 0 Å². The Kier molecular flexibility index (Phi) is 3.99. The fourth-order valence-corrected chi connectivity index (χ4v) is 3.39. The van der Waals surface area contributed by atoms with Gasteiger partial charge < -0.3 is 10.6 Å². The van der Waals surface area contributed by atoms with E-state index in [1.54, 1.807) is 0 Å². The molecule has 0 bridgehead atoms. The molecule has 2 N–H and O–H groups in total. The summed E-state index contributed by atoms with van der Waals surface area (Å²) < 4.78 is 0. The van der Waals surface area contributed by atoms with Crippen LogP contribution in [-0.2, 0) is 0 Å². The molecule has 1 unspecified atom stereocenters. The molecule has 1 atom stereocenters. The second-order valence-electron chi connectivity index (χ2n) is 6.15. The van der Waals surface area contributed by atoms with E-state index < -0.39 is 0 Å². The molecule has 2 aliphatic heterocycles. The Hall–Kier alpha value is -0.120. The van der Waals surface area contributed by atoms with Crippen molar-refractivity contribution in [3.8, 4) is 0 Å². The summed E-state index contributed by atoms with van der Waals surface area (Å²) in [7, 11) is 0. The molecule has 1 aliphatic carbocycles. The van der Waals surface area contributed by atoms with Crippen molar-refractivity contribution >= 4 is 0 Å². The minimum absolute atomic E-state index is 0.789. The maximum Gasteiger partial charge on any atom is 0.0207 e. The fourth-order valence-electron chi connectivity index (χ4n) is 3.39. The average molecular weight is 237 g/mol. The molecule has 17 heavy (non-hydrogen) atoms. The molecule has 98 valence electrons. The van der Waals surface area contributed by atoms with Gasteiger partial charge in [-0.15, -0.1) is 0 Å². The Bertz CT molecular complexity index is 234. The Morgan fingerprint density at radius 1 is 1.06 bits per heavy atom. The van der Waals surface area contributed by atoms with Crippen molar-refractivity contribution < 1.29 is 0 Å². The minimum atomic E-state index is 0.789. The summed E-state index contributed by atoms with van der Waals surface area (Å²) in [5.41, 5.74) is 0. The first-order chi connectivity index (χ1) is 8.42. The molecule has 3 heteroatoms. The molecule has 1 saturated carbocycles. The first-order valence-corrected chi connectivity index (χ1v) is 7.60. The van der Waals surface area contributed by atoms with Crippen LogP contribution in [0.25, 0.3) is 0 Å². The summed E-state index contributed by atoms with van der Waals surface area (Å²) in [5.74, 6) is 0.977. The van der Waals surface area contributed by atoms with E-state index in [2.05, 4.69) is 15.5 Å². The number of piperidine rings is 1. The lowest BCUT2D eigenvalue weighted by atomic mass is 9.94. The molecular formula is C14H27N3. The van der Waals surface area contributed by atoms with E-state index in [4.69, 9.17) is 0 Å². The first-order valence-electron chi connectivity index (χ1n) is 7.60. The maximum absolute atomic E-state index is 3.78. The number of nitrogens with one attached hydrogen (secondary N) is 2. The van der Waals surface area contributed by atoms with Crippen molar-refractivity contribution in [1.82, 2.24) is 15.5 Å². The van der Waals surface area contributed by atoms with Gasteiger partial charge >= 0.3 is 0 Å². The van der Waals surface area contributed by atoms with Crippen LogP contribution in [0.4, 0.5) is 0 Å². The number of hydrogen-bond acceptors (Lipinski definition) is 3. The Labute approximate surface area is 105 Å². The molecular weight excluding hydrogens is 210 g/mol. The first kappa shape index (κ1) is 11.9. The van der Waals surface area contributed by atoms with Gasteiger partial charge in [-0.1, -0.05) is 0 Å². The summed E-state index contributed by atoms with van der Waals surface area (Å²) in [6, 6.07) is 1.75. The third kappa shape index (κ3) is 3.43. The number of nitrogens with zero attached hydrogens (tertiary/aromatic N) is 1. The monoisotopic (exact) mass is 237 g/mol. The van der Waals surface area contributed by atoms with Gasteiger partial charge in [0.25, 0.3) is 0 Å². The van der Waals surface area contributed by atoms with Crippen molar-refractivity contribution in [3.63, 3.8) is 0 Å². The molecule has 0 aromatic carbocycles. The van der Waals surface area contributed by atoms with E-state index in [0.717, 1.165) is 18.0 Å². The molecule has 3 fully saturated rings. The third-order valence-electron chi connectivity index (χ3n) is 4.73. The van der Waals surface area contributed by atoms with Crippen LogP contribution >= 0.6 is 0 Å². The highest BCUT2D eigenvalue weighted by molar-refractivity contribution is 4.91. The molecule has 2 saturated heterocycles. The number of hydrogen-bond donors (Lipinski definition) is 2. The van der Waals surface area contributed by atoms with Crippen LogP contribution in [0.3, 0.4) is 0 Å². The van der Waals surface area contributed by atoms with Gasteiger partial charge in [-0.25, -0.2) is 0 Å². The summed E-state index contributed by atoms with van der Waals surface area (Å²) in [6.07, 6.45) is 8.47. The Morgan fingerprint density at radius 3 is 2.65 bits per heavy atom. The fraction of sp³-hybridized carbons (Fsp3) is 1.00. The van der Waals surface area contributed by atoms with Crippen molar-refractivity contribution in [1.29, 1.82) is 0 Å². The molecule has 0 radical (unpaired) electrons. The predicted molar refractivity (Wildman–Crippen MR) is 71.2 cm³/mol. The summed E-state index contributed by atoms with van der Waals surface area (Å²) in [6.45, 7) is 6.38. The smallest absolute Gasteiger partial charge is 0.0207 e. The number of rotatable bonds is 5. The minimum Gasteiger partial charge on any atom is -0.317 e. The SMILES string of the molecule is C1CC(CCNC2CCN(C3CC3)C2)CCN1. The van der Waals surface area contributed by atoms with Crippen molar-refractivity contribution in [2.75, 3.05) is 32.7 Å². The number of likely N-dealkylation sites (tertiary alicyclic amines) is 1. The highest BCUT2D eigenvalue weighted by Gasteiger charge is 2.34. The molecule has 2 heterocycles. The molecule has 3 nitrogen and oxygen atoms in total. The van der Waals surface area contributed by atoms with Crippen LogP contribution in [0.2, 0.25) is 0 Å². The standard InChI is InChI=1S/C14H27N3/c1-2-14(1)17-10-6-13(11-17)16-9-5-12-3-7-15-8-4-12/h12-16H,1-11H2. The Balaban J connectivity index is 1.29. The normalized spacial score (nSPS) is 32.1. The quantitative estimate of drug-likeness (QED) is 0.752. The van der Waals surface area contributed by atoms with Crippen molar-refractivity contribution in [2.24, 2.45) is 5.92 Å². The van der Waals surface area contributed by atoms with Crippen LogP contribution in [0.5, 0.6) is 0 Å². The largest absolute Gasteiger partial charge is 0.317 e. The van der Waals surface area contributed by atoms with Crippen molar-refractivity contribution in [3.05, 3.63) is 0 Å². The average Bonchev–Trinajstić information content (AvgIpc) is 3.11. The summed E-state index contributed by atoms with van der Waals surface area (Å²) in [5, 5.41) is 7.22. The summed E-state index contributed by atoms with van der Waals surface area (Å²) in [4.78, 5) is 2.70. The van der Waals surface area contributed by atoms with Crippen LogP contribution in [0.15, 0.2) is 0 Å². The lowest BCUT2D eigenvalue weighted by Gasteiger charge is -2.23. The van der Waals surface area contributed by atoms with Crippen LogP contribution in [0, 0.1) is 5.92 Å². The van der Waals surface area contributed by atoms with E-state index in [9.17, 15) is 0 Å². The Morgan fingerprint density at radius 2 is 1.88 bits per heavy atom. The van der Waals surface area contributed by atoms with Gasteiger partial charge in [0.2, 0.25) is 0 Å².